The highest BCUT2D eigenvalue weighted by Crippen LogP contribution is 2.43. The summed E-state index contributed by atoms with van der Waals surface area (Å²) in [6.45, 7) is 12.4. The van der Waals surface area contributed by atoms with Crippen molar-refractivity contribution in [2.75, 3.05) is 55.8 Å². The van der Waals surface area contributed by atoms with Crippen LogP contribution in [0.2, 0.25) is 0 Å². The molecule has 4 rings (SSSR count). The van der Waals surface area contributed by atoms with Gasteiger partial charge in [-0.05, 0) is 85.4 Å². The molecule has 44 heavy (non-hydrogen) atoms. The topological polar surface area (TPSA) is 138 Å². The van der Waals surface area contributed by atoms with Gasteiger partial charge in [0.25, 0.3) is 5.91 Å². The van der Waals surface area contributed by atoms with Gasteiger partial charge in [-0.1, -0.05) is 0 Å². The molecule has 2 fully saturated rings. The summed E-state index contributed by atoms with van der Waals surface area (Å²) in [5, 5.41) is 12.3. The molecule has 1 aromatic carbocycles. The normalized spacial score (nSPS) is 21.3. The third kappa shape index (κ3) is 8.01. The van der Waals surface area contributed by atoms with Crippen molar-refractivity contribution in [3.8, 4) is 5.75 Å². The van der Waals surface area contributed by atoms with Crippen molar-refractivity contribution in [3.05, 3.63) is 18.2 Å². The van der Waals surface area contributed by atoms with Crippen LogP contribution in [0.4, 0.5) is 16.2 Å². The number of hydrogen-bond donors (Lipinski definition) is 2. The Bertz CT molecular complexity index is 1230. The summed E-state index contributed by atoms with van der Waals surface area (Å²) in [7, 11) is 0. The van der Waals surface area contributed by atoms with Crippen molar-refractivity contribution in [3.63, 3.8) is 0 Å². The van der Waals surface area contributed by atoms with Crippen molar-refractivity contribution in [2.24, 2.45) is 11.8 Å². The molecule has 2 atom stereocenters. The zero-order valence-corrected chi connectivity index (χ0v) is 26.9. The summed E-state index contributed by atoms with van der Waals surface area (Å²) in [5.41, 5.74) is -0.637. The highest BCUT2D eigenvalue weighted by Gasteiger charge is 2.45. The van der Waals surface area contributed by atoms with E-state index in [0.29, 0.717) is 49.8 Å². The van der Waals surface area contributed by atoms with E-state index >= 15 is 0 Å². The van der Waals surface area contributed by atoms with E-state index in [1.165, 1.54) is 4.90 Å². The number of rotatable bonds is 11. The zero-order chi connectivity index (χ0) is 32.2. The molecule has 2 aliphatic heterocycles. The Morgan fingerprint density at radius 2 is 1.86 bits per heavy atom. The van der Waals surface area contributed by atoms with Crippen molar-refractivity contribution in [2.45, 2.75) is 84.5 Å². The number of carbonyl (C=O) groups is 4. The highest BCUT2D eigenvalue weighted by atomic mass is 16.6. The second-order valence-electron chi connectivity index (χ2n) is 13.2. The highest BCUT2D eigenvalue weighted by molar-refractivity contribution is 6.04. The molecule has 1 aliphatic carbocycles. The smallest absolute Gasteiger partial charge is 0.410 e. The van der Waals surface area contributed by atoms with Gasteiger partial charge in [-0.25, -0.2) is 4.79 Å². The van der Waals surface area contributed by atoms with Crippen LogP contribution >= 0.6 is 0 Å². The van der Waals surface area contributed by atoms with E-state index in [0.717, 1.165) is 12.8 Å². The van der Waals surface area contributed by atoms with Gasteiger partial charge in [0, 0.05) is 51.1 Å². The quantitative estimate of drug-likeness (QED) is 0.362. The zero-order valence-electron chi connectivity index (χ0n) is 26.9. The minimum absolute atomic E-state index is 0.0292. The molecular weight excluding hydrogens is 568 g/mol. The van der Waals surface area contributed by atoms with E-state index < -0.39 is 29.1 Å². The van der Waals surface area contributed by atoms with Gasteiger partial charge in [-0.15, -0.1) is 0 Å². The first-order chi connectivity index (χ1) is 20.8. The minimum atomic E-state index is -1.07. The van der Waals surface area contributed by atoms with Crippen molar-refractivity contribution >= 4 is 35.2 Å². The molecule has 244 valence electrons. The number of nitrogens with zero attached hydrogens (tertiary/aromatic N) is 3. The first kappa shape index (κ1) is 33.5. The SMILES string of the molecule is CCOCCNC(=O)[C@H]1C[C@@H](C(=O)N(c2ccc3c(c2)N(CCCO)C(=O)C(C)(C)O3)C2CC2)CN(C(=O)OC(C)(C)C)C1. The molecular formula is C32H48N4O8. The third-order valence-electron chi connectivity index (χ3n) is 7.90. The van der Waals surface area contributed by atoms with Crippen LogP contribution < -0.4 is 19.9 Å². The molecule has 2 heterocycles. The van der Waals surface area contributed by atoms with Crippen molar-refractivity contribution in [1.29, 1.82) is 0 Å². The summed E-state index contributed by atoms with van der Waals surface area (Å²) in [5.74, 6) is -1.36. The van der Waals surface area contributed by atoms with E-state index in [1.54, 1.807) is 56.6 Å². The molecule has 2 N–H and O–H groups in total. The van der Waals surface area contributed by atoms with Crippen LogP contribution in [-0.4, -0.2) is 97.1 Å². The van der Waals surface area contributed by atoms with Crippen LogP contribution in [0.5, 0.6) is 5.75 Å². The van der Waals surface area contributed by atoms with Gasteiger partial charge in [0.1, 0.15) is 11.4 Å². The molecule has 0 radical (unpaired) electrons. The molecule has 1 saturated carbocycles. The number of nitrogens with one attached hydrogen (secondary N) is 1. The van der Waals surface area contributed by atoms with E-state index in [9.17, 15) is 24.3 Å². The van der Waals surface area contributed by atoms with Crippen LogP contribution in [0.15, 0.2) is 18.2 Å². The fourth-order valence-corrected chi connectivity index (χ4v) is 5.68. The summed E-state index contributed by atoms with van der Waals surface area (Å²) in [4.78, 5) is 58.8. The predicted octanol–water partition coefficient (Wildman–Crippen LogP) is 3.09. The number of aliphatic hydroxyl groups excluding tert-OH is 1. The second-order valence-corrected chi connectivity index (χ2v) is 13.2. The molecule has 1 aromatic rings. The van der Waals surface area contributed by atoms with Crippen LogP contribution in [0.25, 0.3) is 0 Å². The average Bonchev–Trinajstić information content (AvgIpc) is 3.80. The van der Waals surface area contributed by atoms with Gasteiger partial charge in [0.15, 0.2) is 5.60 Å². The van der Waals surface area contributed by atoms with E-state index in [1.807, 2.05) is 13.0 Å². The number of likely N-dealkylation sites (tertiary alicyclic amines) is 1. The van der Waals surface area contributed by atoms with Gasteiger partial charge < -0.3 is 39.3 Å². The standard InChI is InChI=1S/C32H48N4O8/c1-7-42-16-13-33-27(38)21-17-22(20-34(19-21)30(41)44-31(2,3)4)28(39)36(23-9-10-23)24-11-12-26-25(18-24)35(14-8-15-37)29(40)32(5,6)43-26/h11-12,18,21-23,37H,7-10,13-17,19-20H2,1-6H3,(H,33,38)/t21-,22+/m0/s1. The van der Waals surface area contributed by atoms with Gasteiger partial charge in [0.2, 0.25) is 11.8 Å². The first-order valence-corrected chi connectivity index (χ1v) is 15.7. The van der Waals surface area contributed by atoms with Gasteiger partial charge in [-0.2, -0.15) is 0 Å². The van der Waals surface area contributed by atoms with E-state index in [2.05, 4.69) is 5.32 Å². The largest absolute Gasteiger partial charge is 0.476 e. The second kappa shape index (κ2) is 13.7. The van der Waals surface area contributed by atoms with Crippen molar-refractivity contribution in [1.82, 2.24) is 10.2 Å². The van der Waals surface area contributed by atoms with Gasteiger partial charge in [-0.3, -0.25) is 14.4 Å². The molecule has 0 bridgehead atoms. The third-order valence-corrected chi connectivity index (χ3v) is 7.90. The number of anilines is 2. The maximum atomic E-state index is 14.3. The Morgan fingerprint density at radius 3 is 2.50 bits per heavy atom. The molecule has 3 aliphatic rings. The molecule has 4 amide bonds. The lowest BCUT2D eigenvalue weighted by atomic mass is 9.87. The molecule has 1 saturated heterocycles. The van der Waals surface area contributed by atoms with Crippen LogP contribution in [0.1, 0.15) is 67.2 Å². The van der Waals surface area contributed by atoms with Gasteiger partial charge in [0.05, 0.1) is 24.1 Å². The molecule has 0 spiro atoms. The van der Waals surface area contributed by atoms with Crippen LogP contribution in [0.3, 0.4) is 0 Å². The summed E-state index contributed by atoms with van der Waals surface area (Å²) >= 11 is 0. The Morgan fingerprint density at radius 1 is 1.16 bits per heavy atom. The first-order valence-electron chi connectivity index (χ1n) is 15.7. The number of fused-ring (bicyclic) bond motifs is 1. The lowest BCUT2D eigenvalue weighted by molar-refractivity contribution is -0.133. The van der Waals surface area contributed by atoms with Crippen molar-refractivity contribution < 1.29 is 38.5 Å². The lowest BCUT2D eigenvalue weighted by Crippen LogP contribution is -2.54. The number of ether oxygens (including phenoxy) is 3. The Labute approximate surface area is 260 Å². The predicted molar refractivity (Wildman–Crippen MR) is 165 cm³/mol. The number of amides is 4. The van der Waals surface area contributed by atoms with Crippen LogP contribution in [-0.2, 0) is 23.9 Å². The molecule has 0 unspecified atom stereocenters. The Hall–Kier alpha value is -3.38. The summed E-state index contributed by atoms with van der Waals surface area (Å²) in [6, 6.07) is 5.36. The minimum Gasteiger partial charge on any atom is -0.476 e. The fraction of sp³-hybridized carbons (Fsp3) is 0.688. The van der Waals surface area contributed by atoms with Crippen LogP contribution in [0, 0.1) is 11.8 Å². The van der Waals surface area contributed by atoms with E-state index in [4.69, 9.17) is 14.2 Å². The Kier molecular flexibility index (Phi) is 10.5. The number of carbonyl (C=O) groups excluding carboxylic acids is 4. The molecule has 0 aromatic heterocycles. The maximum absolute atomic E-state index is 14.3. The summed E-state index contributed by atoms with van der Waals surface area (Å²) in [6.07, 6.45) is 1.76. The number of benzene rings is 1. The lowest BCUT2D eigenvalue weighted by Gasteiger charge is -2.40. The Balaban J connectivity index is 1.62. The molecule has 12 nitrogen and oxygen atoms in total. The number of piperidine rings is 1. The monoisotopic (exact) mass is 616 g/mol. The maximum Gasteiger partial charge on any atom is 0.410 e. The molecule has 12 heteroatoms. The number of aliphatic hydroxyl groups is 1. The number of hydrogen-bond acceptors (Lipinski definition) is 8. The summed E-state index contributed by atoms with van der Waals surface area (Å²) < 4.78 is 17.0. The van der Waals surface area contributed by atoms with Gasteiger partial charge >= 0.3 is 6.09 Å². The fourth-order valence-electron chi connectivity index (χ4n) is 5.68. The average molecular weight is 617 g/mol. The van der Waals surface area contributed by atoms with E-state index in [-0.39, 0.29) is 49.9 Å².